The predicted molar refractivity (Wildman–Crippen MR) is 48.8 cm³/mol. The molecule has 1 rings (SSSR count). The fourth-order valence-corrected chi connectivity index (χ4v) is 1.14. The fraction of sp³-hybridized carbons (Fsp3) is 0.400. The highest BCUT2D eigenvalue weighted by Gasteiger charge is 2.13. The first-order valence-corrected chi connectivity index (χ1v) is 4.12. The second kappa shape index (κ2) is 4.21. The van der Waals surface area contributed by atoms with Gasteiger partial charge in [0.1, 0.15) is 6.67 Å². The Bertz CT molecular complexity index is 223. The summed E-state index contributed by atoms with van der Waals surface area (Å²) in [5.74, 6) is 0.0937. The smallest absolute Gasteiger partial charge is 0.105 e. The molecule has 2 heteroatoms. The van der Waals surface area contributed by atoms with Crippen molar-refractivity contribution in [3.05, 3.63) is 35.9 Å². The number of rotatable bonds is 3. The van der Waals surface area contributed by atoms with E-state index in [-0.39, 0.29) is 12.0 Å². The van der Waals surface area contributed by atoms with Gasteiger partial charge in [0.15, 0.2) is 0 Å². The Hall–Kier alpha value is -0.890. The largest absolute Gasteiger partial charge is 0.325 e. The molecule has 0 fully saturated rings. The molecule has 66 valence electrons. The molecular weight excluding hydrogens is 153 g/mol. The second-order valence-electron chi connectivity index (χ2n) is 3.02. The van der Waals surface area contributed by atoms with E-state index in [0.717, 1.165) is 5.56 Å². The minimum atomic E-state index is -0.462. The van der Waals surface area contributed by atoms with Gasteiger partial charge in [-0.3, -0.25) is 0 Å². The van der Waals surface area contributed by atoms with Crippen LogP contribution in [0.3, 0.4) is 0 Å². The van der Waals surface area contributed by atoms with Gasteiger partial charge in [-0.2, -0.15) is 0 Å². The van der Waals surface area contributed by atoms with Crippen molar-refractivity contribution in [2.75, 3.05) is 6.67 Å². The van der Waals surface area contributed by atoms with Crippen LogP contribution in [0.5, 0.6) is 0 Å². The molecule has 0 saturated heterocycles. The third kappa shape index (κ3) is 2.05. The predicted octanol–water partition coefficient (Wildman–Crippen LogP) is 2.09. The lowest BCUT2D eigenvalue weighted by Gasteiger charge is -2.16. The van der Waals surface area contributed by atoms with Crippen molar-refractivity contribution in [2.24, 2.45) is 5.73 Å². The maximum Gasteiger partial charge on any atom is 0.105 e. The van der Waals surface area contributed by atoms with Gasteiger partial charge in [0.2, 0.25) is 0 Å². The molecule has 1 nitrogen and oxygen atoms in total. The van der Waals surface area contributed by atoms with E-state index in [9.17, 15) is 4.39 Å². The third-order valence-electron chi connectivity index (χ3n) is 2.15. The van der Waals surface area contributed by atoms with Crippen LogP contribution in [0.4, 0.5) is 4.39 Å². The molecule has 0 saturated carbocycles. The second-order valence-corrected chi connectivity index (χ2v) is 3.02. The van der Waals surface area contributed by atoms with Crippen molar-refractivity contribution >= 4 is 0 Å². The summed E-state index contributed by atoms with van der Waals surface area (Å²) in [5.41, 5.74) is 6.67. The number of alkyl halides is 1. The summed E-state index contributed by atoms with van der Waals surface area (Å²) < 4.78 is 12.2. The van der Waals surface area contributed by atoms with E-state index in [1.54, 1.807) is 0 Å². The summed E-state index contributed by atoms with van der Waals surface area (Å²) >= 11 is 0. The first-order valence-electron chi connectivity index (χ1n) is 4.12. The van der Waals surface area contributed by atoms with Gasteiger partial charge in [0.05, 0.1) is 0 Å². The molecule has 0 aliphatic heterocycles. The van der Waals surface area contributed by atoms with Crippen molar-refractivity contribution < 1.29 is 4.39 Å². The summed E-state index contributed by atoms with van der Waals surface area (Å²) in [4.78, 5) is 0. The van der Waals surface area contributed by atoms with Gasteiger partial charge in [-0.05, 0) is 11.5 Å². The topological polar surface area (TPSA) is 26.0 Å². The van der Waals surface area contributed by atoms with Crippen LogP contribution in [0.25, 0.3) is 0 Å². The van der Waals surface area contributed by atoms with Crippen molar-refractivity contribution in [3.63, 3.8) is 0 Å². The van der Waals surface area contributed by atoms with Crippen molar-refractivity contribution in [3.8, 4) is 0 Å². The van der Waals surface area contributed by atoms with Crippen LogP contribution in [0.1, 0.15) is 18.4 Å². The van der Waals surface area contributed by atoms with Crippen molar-refractivity contribution in [2.45, 2.75) is 18.9 Å². The molecule has 0 radical (unpaired) electrons. The lowest BCUT2D eigenvalue weighted by molar-refractivity contribution is 0.396. The summed E-state index contributed by atoms with van der Waals surface area (Å²) in [6.45, 7) is 1.48. The van der Waals surface area contributed by atoms with Crippen molar-refractivity contribution in [1.82, 2.24) is 0 Å². The molecule has 0 bridgehead atoms. The highest BCUT2D eigenvalue weighted by atomic mass is 19.1. The van der Waals surface area contributed by atoms with E-state index in [0.29, 0.717) is 0 Å². The Labute approximate surface area is 72.4 Å². The zero-order valence-electron chi connectivity index (χ0n) is 7.20. The van der Waals surface area contributed by atoms with E-state index < -0.39 is 6.67 Å². The number of benzene rings is 1. The molecule has 1 unspecified atom stereocenters. The molecule has 0 heterocycles. The molecule has 2 N–H and O–H groups in total. The van der Waals surface area contributed by atoms with Crippen LogP contribution < -0.4 is 5.73 Å². The molecule has 12 heavy (non-hydrogen) atoms. The summed E-state index contributed by atoms with van der Waals surface area (Å²) in [6.07, 6.45) is 0. The van der Waals surface area contributed by atoms with E-state index >= 15 is 0 Å². The summed E-state index contributed by atoms with van der Waals surface area (Å²) in [5, 5.41) is 0. The zero-order chi connectivity index (χ0) is 8.97. The highest BCUT2D eigenvalue weighted by Crippen LogP contribution is 2.17. The molecule has 1 aromatic rings. The number of halogens is 1. The number of hydrogen-bond acceptors (Lipinski definition) is 1. The van der Waals surface area contributed by atoms with Crippen molar-refractivity contribution in [1.29, 1.82) is 0 Å². The van der Waals surface area contributed by atoms with Crippen LogP contribution in [0.15, 0.2) is 30.3 Å². The molecule has 1 aromatic carbocycles. The Morgan fingerprint density at radius 3 is 2.42 bits per heavy atom. The minimum Gasteiger partial charge on any atom is -0.325 e. The summed E-state index contributed by atoms with van der Waals surface area (Å²) in [7, 11) is 0. The van der Waals surface area contributed by atoms with Gasteiger partial charge in [0, 0.05) is 6.04 Å². The standard InChI is InChI=1S/C10H14FN/c1-8(10(12)7-11)9-5-3-2-4-6-9/h2-6,8,10H,7,12H2,1H3/t8-,10?/m1/s1. The van der Waals surface area contributed by atoms with Crippen LogP contribution in [-0.4, -0.2) is 12.7 Å². The quantitative estimate of drug-likeness (QED) is 0.733. The van der Waals surface area contributed by atoms with Crippen LogP contribution in [0, 0.1) is 0 Å². The van der Waals surface area contributed by atoms with Gasteiger partial charge < -0.3 is 5.73 Å². The molecular formula is C10H14FN. The lowest BCUT2D eigenvalue weighted by Crippen LogP contribution is -2.28. The highest BCUT2D eigenvalue weighted by molar-refractivity contribution is 5.20. The number of nitrogens with two attached hydrogens (primary N) is 1. The maximum absolute atomic E-state index is 12.2. The Morgan fingerprint density at radius 2 is 1.92 bits per heavy atom. The maximum atomic E-state index is 12.2. The third-order valence-corrected chi connectivity index (χ3v) is 2.15. The van der Waals surface area contributed by atoms with Gasteiger partial charge in [0.25, 0.3) is 0 Å². The SMILES string of the molecule is C[C@H](c1ccccc1)C(N)CF. The molecule has 0 aliphatic carbocycles. The van der Waals surface area contributed by atoms with E-state index in [1.807, 2.05) is 37.3 Å². The Morgan fingerprint density at radius 1 is 1.33 bits per heavy atom. The molecule has 0 aromatic heterocycles. The van der Waals surface area contributed by atoms with E-state index in [2.05, 4.69) is 0 Å². The first kappa shape index (κ1) is 9.20. The van der Waals surface area contributed by atoms with Crippen LogP contribution in [-0.2, 0) is 0 Å². The van der Waals surface area contributed by atoms with Crippen LogP contribution in [0.2, 0.25) is 0 Å². The van der Waals surface area contributed by atoms with E-state index in [4.69, 9.17) is 5.73 Å². The van der Waals surface area contributed by atoms with Gasteiger partial charge >= 0.3 is 0 Å². The average Bonchev–Trinajstić information content (AvgIpc) is 2.17. The van der Waals surface area contributed by atoms with E-state index in [1.165, 1.54) is 0 Å². The van der Waals surface area contributed by atoms with Gasteiger partial charge in [-0.15, -0.1) is 0 Å². The fourth-order valence-electron chi connectivity index (χ4n) is 1.14. The Kier molecular flexibility index (Phi) is 3.23. The number of hydrogen-bond donors (Lipinski definition) is 1. The molecule has 0 aliphatic rings. The Balaban J connectivity index is 2.71. The molecule has 0 spiro atoms. The molecule has 2 atom stereocenters. The normalized spacial score (nSPS) is 15.6. The minimum absolute atomic E-state index is 0.0937. The summed E-state index contributed by atoms with van der Waals surface area (Å²) in [6, 6.07) is 9.39. The zero-order valence-corrected chi connectivity index (χ0v) is 7.20. The van der Waals surface area contributed by atoms with Gasteiger partial charge in [-0.25, -0.2) is 4.39 Å². The molecule has 0 amide bonds. The first-order chi connectivity index (χ1) is 5.75. The lowest BCUT2D eigenvalue weighted by atomic mass is 9.95. The van der Waals surface area contributed by atoms with Crippen LogP contribution >= 0.6 is 0 Å². The monoisotopic (exact) mass is 167 g/mol. The average molecular weight is 167 g/mol. The van der Waals surface area contributed by atoms with Gasteiger partial charge in [-0.1, -0.05) is 37.3 Å².